The summed E-state index contributed by atoms with van der Waals surface area (Å²) >= 11 is 0. The van der Waals surface area contributed by atoms with Crippen molar-refractivity contribution in [3.05, 3.63) is 18.6 Å². The summed E-state index contributed by atoms with van der Waals surface area (Å²) in [6.07, 6.45) is 8.99. The van der Waals surface area contributed by atoms with E-state index in [-0.39, 0.29) is 0 Å². The molecule has 4 N–H and O–H groups in total. The summed E-state index contributed by atoms with van der Waals surface area (Å²) in [4.78, 5) is 8.76. The van der Waals surface area contributed by atoms with Crippen LogP contribution in [0.1, 0.15) is 19.3 Å². The molecule has 0 amide bonds. The molecule has 1 aliphatic rings. The van der Waals surface area contributed by atoms with Crippen LogP contribution in [-0.4, -0.2) is 34.6 Å². The predicted octanol–water partition coefficient (Wildman–Crippen LogP) is 1.24. The van der Waals surface area contributed by atoms with E-state index in [1.807, 2.05) is 16.8 Å². The largest absolute Gasteiger partial charge is 0.385 e. The number of rotatable bonds is 7. The molecule has 0 aliphatic heterocycles. The van der Waals surface area contributed by atoms with Gasteiger partial charge in [-0.1, -0.05) is 0 Å². The normalized spacial score (nSPS) is 16.3. The van der Waals surface area contributed by atoms with Crippen LogP contribution in [0.2, 0.25) is 0 Å². The first kappa shape index (κ1) is 13.1. The predicted molar refractivity (Wildman–Crippen MR) is 77.4 cm³/mol. The van der Waals surface area contributed by atoms with Crippen molar-refractivity contribution in [1.29, 1.82) is 0 Å². The summed E-state index contributed by atoms with van der Waals surface area (Å²) in [7, 11) is 1.75. The maximum atomic E-state index is 5.45. The highest BCUT2D eigenvalue weighted by Crippen LogP contribution is 2.48. The zero-order valence-corrected chi connectivity index (χ0v) is 11.6. The number of anilines is 2. The van der Waals surface area contributed by atoms with Gasteiger partial charge in [0.25, 0.3) is 0 Å². The molecular weight excluding hydrogens is 256 g/mol. The minimum absolute atomic E-state index is 0.355. The lowest BCUT2D eigenvalue weighted by Crippen LogP contribution is -2.19. The molecule has 7 nitrogen and oxygen atoms in total. The molecule has 7 heteroatoms. The van der Waals surface area contributed by atoms with E-state index in [0.717, 1.165) is 31.0 Å². The van der Waals surface area contributed by atoms with E-state index < -0.39 is 0 Å². The maximum absolute atomic E-state index is 5.45. The number of hydrogen-bond donors (Lipinski definition) is 3. The van der Waals surface area contributed by atoms with E-state index in [1.165, 1.54) is 12.8 Å². The second kappa shape index (κ2) is 5.26. The number of nitrogens with one attached hydrogen (secondary N) is 2. The smallest absolute Gasteiger partial charge is 0.180 e. The molecule has 0 unspecified atom stereocenters. The third kappa shape index (κ3) is 2.54. The third-order valence-electron chi connectivity index (χ3n) is 3.95. The van der Waals surface area contributed by atoms with Crippen LogP contribution in [0.25, 0.3) is 5.65 Å². The van der Waals surface area contributed by atoms with Gasteiger partial charge in [0.15, 0.2) is 17.3 Å². The number of nitrogen functional groups attached to an aromatic ring is 1. The Kier molecular flexibility index (Phi) is 3.45. The van der Waals surface area contributed by atoms with Crippen LogP contribution < -0.4 is 16.6 Å². The summed E-state index contributed by atoms with van der Waals surface area (Å²) in [5.41, 5.74) is 3.74. The fourth-order valence-corrected chi connectivity index (χ4v) is 2.40. The van der Waals surface area contributed by atoms with Gasteiger partial charge in [-0.15, -0.1) is 0 Å². The lowest BCUT2D eigenvalue weighted by atomic mass is 10.0. The van der Waals surface area contributed by atoms with Crippen LogP contribution in [0.5, 0.6) is 0 Å². The molecule has 0 aromatic carbocycles. The minimum atomic E-state index is 0.355. The summed E-state index contributed by atoms with van der Waals surface area (Å²) in [5, 5.41) is 3.41. The molecule has 2 aromatic rings. The van der Waals surface area contributed by atoms with Gasteiger partial charge in [-0.05, 0) is 24.7 Å². The summed E-state index contributed by atoms with van der Waals surface area (Å²) in [6.45, 7) is 1.69. The highest BCUT2D eigenvalue weighted by Gasteiger charge is 2.41. The fourth-order valence-electron chi connectivity index (χ4n) is 2.40. The van der Waals surface area contributed by atoms with E-state index in [1.54, 1.807) is 13.3 Å². The molecule has 3 rings (SSSR count). The molecule has 20 heavy (non-hydrogen) atoms. The standard InChI is InChI=1S/C13H20N6O/c1-20-7-4-13(2-3-13)9-16-11-12-15-5-6-19(12)8-10(17-11)18-14/h5-6,8,18H,2-4,7,9,14H2,1H3,(H,16,17). The Morgan fingerprint density at radius 2 is 2.35 bits per heavy atom. The van der Waals surface area contributed by atoms with Crippen LogP contribution in [0.15, 0.2) is 18.6 Å². The zero-order valence-electron chi connectivity index (χ0n) is 11.6. The minimum Gasteiger partial charge on any atom is -0.385 e. The van der Waals surface area contributed by atoms with Gasteiger partial charge >= 0.3 is 0 Å². The van der Waals surface area contributed by atoms with Gasteiger partial charge in [-0.3, -0.25) is 0 Å². The monoisotopic (exact) mass is 276 g/mol. The average Bonchev–Trinajstić information content (AvgIpc) is 3.09. The maximum Gasteiger partial charge on any atom is 0.180 e. The summed E-state index contributed by atoms with van der Waals surface area (Å²) in [5.74, 6) is 6.82. The molecule has 1 aliphatic carbocycles. The Labute approximate surface area is 117 Å². The van der Waals surface area contributed by atoms with Crippen molar-refractivity contribution in [3.8, 4) is 0 Å². The van der Waals surface area contributed by atoms with Gasteiger partial charge in [0.2, 0.25) is 0 Å². The molecule has 0 atom stereocenters. The van der Waals surface area contributed by atoms with Crippen molar-refractivity contribution < 1.29 is 4.74 Å². The molecule has 0 radical (unpaired) electrons. The number of aromatic nitrogens is 3. The van der Waals surface area contributed by atoms with Crippen LogP contribution >= 0.6 is 0 Å². The van der Waals surface area contributed by atoms with Crippen LogP contribution in [-0.2, 0) is 4.74 Å². The second-order valence-electron chi connectivity index (χ2n) is 5.37. The van der Waals surface area contributed by atoms with E-state index in [9.17, 15) is 0 Å². The van der Waals surface area contributed by atoms with Crippen molar-refractivity contribution in [2.45, 2.75) is 19.3 Å². The third-order valence-corrected chi connectivity index (χ3v) is 3.95. The van der Waals surface area contributed by atoms with Crippen molar-refractivity contribution in [2.75, 3.05) is 31.0 Å². The first-order valence-electron chi connectivity index (χ1n) is 6.79. The van der Waals surface area contributed by atoms with Gasteiger partial charge in [-0.2, -0.15) is 0 Å². The van der Waals surface area contributed by atoms with Crippen molar-refractivity contribution in [2.24, 2.45) is 11.3 Å². The van der Waals surface area contributed by atoms with Crippen LogP contribution in [0, 0.1) is 5.41 Å². The fraction of sp³-hybridized carbons (Fsp3) is 0.538. The highest BCUT2D eigenvalue weighted by atomic mass is 16.5. The number of fused-ring (bicyclic) bond motifs is 1. The lowest BCUT2D eigenvalue weighted by molar-refractivity contribution is 0.175. The second-order valence-corrected chi connectivity index (χ2v) is 5.37. The van der Waals surface area contributed by atoms with Crippen LogP contribution in [0.4, 0.5) is 11.6 Å². The van der Waals surface area contributed by atoms with E-state index >= 15 is 0 Å². The number of imidazole rings is 1. The lowest BCUT2D eigenvalue weighted by Gasteiger charge is -2.16. The van der Waals surface area contributed by atoms with Gasteiger partial charge in [0, 0.05) is 32.7 Å². The molecule has 1 saturated carbocycles. The molecule has 0 saturated heterocycles. The Hall–Kier alpha value is -1.86. The van der Waals surface area contributed by atoms with E-state index in [2.05, 4.69) is 20.7 Å². The Morgan fingerprint density at radius 1 is 1.50 bits per heavy atom. The zero-order chi connectivity index (χ0) is 14.0. The first-order chi connectivity index (χ1) is 9.76. The summed E-state index contributed by atoms with van der Waals surface area (Å²) < 4.78 is 7.08. The molecule has 0 spiro atoms. The number of nitrogens with two attached hydrogens (primary N) is 1. The number of hydrazine groups is 1. The van der Waals surface area contributed by atoms with Crippen molar-refractivity contribution >= 4 is 17.3 Å². The topological polar surface area (TPSA) is 89.5 Å². The van der Waals surface area contributed by atoms with Gasteiger partial charge in [0.05, 0.1) is 6.20 Å². The average molecular weight is 276 g/mol. The number of methoxy groups -OCH3 is 1. The first-order valence-corrected chi connectivity index (χ1v) is 6.79. The van der Waals surface area contributed by atoms with Gasteiger partial charge in [-0.25, -0.2) is 15.8 Å². The molecule has 0 bridgehead atoms. The molecule has 1 fully saturated rings. The Bertz CT molecular complexity index is 592. The molecule has 2 aromatic heterocycles. The quantitative estimate of drug-likeness (QED) is 0.521. The number of nitrogens with zero attached hydrogens (tertiary/aromatic N) is 3. The van der Waals surface area contributed by atoms with Crippen molar-refractivity contribution in [1.82, 2.24) is 14.4 Å². The van der Waals surface area contributed by atoms with Crippen LogP contribution in [0.3, 0.4) is 0 Å². The van der Waals surface area contributed by atoms with Gasteiger partial charge in [0.1, 0.15) is 0 Å². The SMILES string of the molecule is COCCC1(CNc2nc(NN)cn3ccnc23)CC1. The molecule has 2 heterocycles. The van der Waals surface area contributed by atoms with Crippen molar-refractivity contribution in [3.63, 3.8) is 0 Å². The van der Waals surface area contributed by atoms with Gasteiger partial charge < -0.3 is 19.9 Å². The molecule has 108 valence electrons. The molecular formula is C13H20N6O. The van der Waals surface area contributed by atoms with E-state index in [0.29, 0.717) is 11.2 Å². The summed E-state index contributed by atoms with van der Waals surface area (Å²) in [6, 6.07) is 0. The highest BCUT2D eigenvalue weighted by molar-refractivity contribution is 5.65. The number of hydrogen-bond acceptors (Lipinski definition) is 6. The van der Waals surface area contributed by atoms with E-state index in [4.69, 9.17) is 10.6 Å². The number of ether oxygens (including phenoxy) is 1. The Morgan fingerprint density at radius 3 is 3.05 bits per heavy atom. The Balaban J connectivity index is 1.75.